The molecule has 0 aromatic carbocycles. The van der Waals surface area contributed by atoms with Crippen molar-refractivity contribution in [3.63, 3.8) is 0 Å². The van der Waals surface area contributed by atoms with Gasteiger partial charge in [0.1, 0.15) is 0 Å². The van der Waals surface area contributed by atoms with Crippen molar-refractivity contribution in [3.05, 3.63) is 23.9 Å². The average Bonchev–Trinajstić information content (AvgIpc) is 3.55. The fraction of sp³-hybridized carbons (Fsp3) is 0.650. The molecule has 3 rings (SSSR count). The SMILES string of the molecule is CCNC(=NCc1ccc(OCC2CC2)nc1)N1CCN(C(=O)OCC)CC1. The normalized spacial score (nSPS) is 17.4. The van der Waals surface area contributed by atoms with Gasteiger partial charge in [0.2, 0.25) is 5.88 Å². The quantitative estimate of drug-likeness (QED) is 0.568. The lowest BCUT2D eigenvalue weighted by Crippen LogP contribution is -2.53. The number of amides is 1. The molecule has 1 aromatic heterocycles. The first-order valence-corrected chi connectivity index (χ1v) is 10.2. The lowest BCUT2D eigenvalue weighted by atomic mass is 10.3. The van der Waals surface area contributed by atoms with Crippen molar-refractivity contribution in [2.24, 2.45) is 10.9 Å². The number of hydrogen-bond acceptors (Lipinski definition) is 5. The molecule has 28 heavy (non-hydrogen) atoms. The van der Waals surface area contributed by atoms with Crippen LogP contribution in [0.15, 0.2) is 23.3 Å². The van der Waals surface area contributed by atoms with Crippen LogP contribution in [0.1, 0.15) is 32.3 Å². The zero-order chi connectivity index (χ0) is 19.8. The minimum Gasteiger partial charge on any atom is -0.477 e. The van der Waals surface area contributed by atoms with E-state index in [4.69, 9.17) is 14.5 Å². The number of guanidine groups is 1. The van der Waals surface area contributed by atoms with Crippen LogP contribution in [-0.4, -0.2) is 72.8 Å². The Hall–Kier alpha value is -2.51. The highest BCUT2D eigenvalue weighted by Gasteiger charge is 2.24. The van der Waals surface area contributed by atoms with Gasteiger partial charge < -0.3 is 24.6 Å². The van der Waals surface area contributed by atoms with E-state index in [2.05, 4.69) is 22.1 Å². The molecular formula is C20H31N5O3. The maximum atomic E-state index is 11.8. The zero-order valence-corrected chi connectivity index (χ0v) is 16.9. The molecule has 2 aliphatic rings. The fourth-order valence-corrected chi connectivity index (χ4v) is 2.99. The van der Waals surface area contributed by atoms with Gasteiger partial charge >= 0.3 is 6.09 Å². The molecule has 1 aromatic rings. The highest BCUT2D eigenvalue weighted by molar-refractivity contribution is 5.80. The van der Waals surface area contributed by atoms with E-state index in [9.17, 15) is 4.79 Å². The number of pyridine rings is 1. The molecule has 1 saturated carbocycles. The summed E-state index contributed by atoms with van der Waals surface area (Å²) in [5, 5.41) is 3.34. The summed E-state index contributed by atoms with van der Waals surface area (Å²) in [5.74, 6) is 2.26. The monoisotopic (exact) mass is 389 g/mol. The van der Waals surface area contributed by atoms with Crippen LogP contribution < -0.4 is 10.1 Å². The summed E-state index contributed by atoms with van der Waals surface area (Å²) in [6.45, 7) is 9.14. The third-order valence-electron chi connectivity index (χ3n) is 4.81. The number of carbonyl (C=O) groups is 1. The first-order chi connectivity index (χ1) is 13.7. The molecule has 8 nitrogen and oxygen atoms in total. The second-order valence-electron chi connectivity index (χ2n) is 7.10. The third kappa shape index (κ3) is 6.00. The molecule has 1 saturated heterocycles. The summed E-state index contributed by atoms with van der Waals surface area (Å²) in [7, 11) is 0. The number of piperazine rings is 1. The second kappa shape index (κ2) is 10.1. The molecule has 1 aliphatic heterocycles. The standard InChI is InChI=1S/C20H31N5O3/c1-3-21-19(24-9-11-25(12-10-24)20(26)27-4-2)23-14-17-7-8-18(22-13-17)28-15-16-5-6-16/h7-8,13,16H,3-6,9-12,14-15H2,1-2H3,(H,21,23). The van der Waals surface area contributed by atoms with Gasteiger partial charge in [-0.05, 0) is 38.2 Å². The van der Waals surface area contributed by atoms with Crippen LogP contribution in [0.4, 0.5) is 4.79 Å². The largest absolute Gasteiger partial charge is 0.477 e. The summed E-state index contributed by atoms with van der Waals surface area (Å²) >= 11 is 0. The first-order valence-electron chi connectivity index (χ1n) is 10.2. The smallest absolute Gasteiger partial charge is 0.409 e. The Morgan fingerprint density at radius 1 is 1.21 bits per heavy atom. The van der Waals surface area contributed by atoms with Crippen molar-refractivity contribution in [1.29, 1.82) is 0 Å². The molecule has 8 heteroatoms. The highest BCUT2D eigenvalue weighted by Crippen LogP contribution is 2.29. The lowest BCUT2D eigenvalue weighted by molar-refractivity contribution is 0.0914. The summed E-state index contributed by atoms with van der Waals surface area (Å²) in [5.41, 5.74) is 1.04. The van der Waals surface area contributed by atoms with Crippen molar-refractivity contribution in [2.45, 2.75) is 33.2 Å². The van der Waals surface area contributed by atoms with Gasteiger partial charge in [-0.2, -0.15) is 0 Å². The first kappa shape index (κ1) is 20.2. The second-order valence-corrected chi connectivity index (χ2v) is 7.10. The molecule has 0 atom stereocenters. The minimum absolute atomic E-state index is 0.237. The van der Waals surface area contributed by atoms with Crippen LogP contribution in [-0.2, 0) is 11.3 Å². The number of hydrogen-bond donors (Lipinski definition) is 1. The summed E-state index contributed by atoms with van der Waals surface area (Å²) in [4.78, 5) is 24.9. The van der Waals surface area contributed by atoms with E-state index in [-0.39, 0.29) is 6.09 Å². The molecule has 2 fully saturated rings. The Morgan fingerprint density at radius 2 is 1.96 bits per heavy atom. The van der Waals surface area contributed by atoms with Crippen LogP contribution in [0.5, 0.6) is 5.88 Å². The Morgan fingerprint density at radius 3 is 2.57 bits per heavy atom. The molecule has 154 valence electrons. The zero-order valence-electron chi connectivity index (χ0n) is 16.9. The van der Waals surface area contributed by atoms with Gasteiger partial charge in [0.25, 0.3) is 0 Å². The van der Waals surface area contributed by atoms with E-state index in [1.165, 1.54) is 12.8 Å². The van der Waals surface area contributed by atoms with Crippen molar-refractivity contribution in [2.75, 3.05) is 45.9 Å². The Labute approximate surface area is 166 Å². The van der Waals surface area contributed by atoms with Gasteiger partial charge in [0, 0.05) is 45.0 Å². The van der Waals surface area contributed by atoms with E-state index in [0.29, 0.717) is 32.1 Å². The number of rotatable bonds is 7. The van der Waals surface area contributed by atoms with Crippen molar-refractivity contribution in [1.82, 2.24) is 20.1 Å². The van der Waals surface area contributed by atoms with Gasteiger partial charge in [-0.3, -0.25) is 0 Å². The number of ether oxygens (including phenoxy) is 2. The molecule has 0 bridgehead atoms. The van der Waals surface area contributed by atoms with Crippen LogP contribution in [0, 0.1) is 5.92 Å². The minimum atomic E-state index is -0.237. The maximum absolute atomic E-state index is 11.8. The van der Waals surface area contributed by atoms with E-state index in [0.717, 1.165) is 43.7 Å². The lowest BCUT2D eigenvalue weighted by Gasteiger charge is -2.35. The number of nitrogens with zero attached hydrogens (tertiary/aromatic N) is 4. The van der Waals surface area contributed by atoms with E-state index >= 15 is 0 Å². The number of aromatic nitrogens is 1. The summed E-state index contributed by atoms with van der Waals surface area (Å²) in [6.07, 6.45) is 4.13. The predicted octanol–water partition coefficient (Wildman–Crippen LogP) is 2.11. The molecular weight excluding hydrogens is 358 g/mol. The molecule has 0 unspecified atom stereocenters. The average molecular weight is 390 g/mol. The van der Waals surface area contributed by atoms with Gasteiger partial charge in [0.05, 0.1) is 19.8 Å². The third-order valence-corrected chi connectivity index (χ3v) is 4.81. The summed E-state index contributed by atoms with van der Waals surface area (Å²) in [6, 6.07) is 3.93. The van der Waals surface area contributed by atoms with Gasteiger partial charge in [0.15, 0.2) is 5.96 Å². The number of carbonyl (C=O) groups excluding carboxylic acids is 1. The highest BCUT2D eigenvalue weighted by atomic mass is 16.6. The van der Waals surface area contributed by atoms with Crippen molar-refractivity contribution >= 4 is 12.1 Å². The maximum Gasteiger partial charge on any atom is 0.409 e. The van der Waals surface area contributed by atoms with Crippen molar-refractivity contribution < 1.29 is 14.3 Å². The van der Waals surface area contributed by atoms with Crippen molar-refractivity contribution in [3.8, 4) is 5.88 Å². The van der Waals surface area contributed by atoms with Gasteiger partial charge in [-0.1, -0.05) is 6.07 Å². The Kier molecular flexibility index (Phi) is 7.33. The predicted molar refractivity (Wildman–Crippen MR) is 107 cm³/mol. The van der Waals surface area contributed by atoms with Crippen LogP contribution >= 0.6 is 0 Å². The number of nitrogens with one attached hydrogen (secondary N) is 1. The Bertz CT molecular complexity index is 652. The number of aliphatic imine (C=N–C) groups is 1. The van der Waals surface area contributed by atoms with E-state index in [1.807, 2.05) is 25.3 Å². The van der Waals surface area contributed by atoms with E-state index in [1.54, 1.807) is 4.90 Å². The van der Waals surface area contributed by atoms with Crippen LogP contribution in [0.25, 0.3) is 0 Å². The molecule has 2 heterocycles. The molecule has 0 radical (unpaired) electrons. The summed E-state index contributed by atoms with van der Waals surface area (Å²) < 4.78 is 10.8. The van der Waals surface area contributed by atoms with Crippen LogP contribution in [0.3, 0.4) is 0 Å². The molecule has 1 N–H and O–H groups in total. The molecule has 0 spiro atoms. The van der Waals surface area contributed by atoms with E-state index < -0.39 is 0 Å². The topological polar surface area (TPSA) is 79.3 Å². The van der Waals surface area contributed by atoms with Gasteiger partial charge in [-0.25, -0.2) is 14.8 Å². The fourth-order valence-electron chi connectivity index (χ4n) is 2.99. The Balaban J connectivity index is 1.51. The van der Waals surface area contributed by atoms with Gasteiger partial charge in [-0.15, -0.1) is 0 Å². The van der Waals surface area contributed by atoms with Crippen LogP contribution in [0.2, 0.25) is 0 Å². The molecule has 1 aliphatic carbocycles. The molecule has 1 amide bonds.